The molecule has 0 heterocycles. The van der Waals surface area contributed by atoms with Crippen molar-refractivity contribution in [2.24, 2.45) is 11.7 Å². The van der Waals surface area contributed by atoms with Gasteiger partial charge in [-0.2, -0.15) is 0 Å². The molecule has 1 aliphatic carbocycles. The average Bonchev–Trinajstić information content (AvgIpc) is 2.33. The van der Waals surface area contributed by atoms with E-state index in [2.05, 4.69) is 5.32 Å². The van der Waals surface area contributed by atoms with Gasteiger partial charge in [0, 0.05) is 12.0 Å². The summed E-state index contributed by atoms with van der Waals surface area (Å²) in [5.74, 6) is -1.21. The van der Waals surface area contributed by atoms with Gasteiger partial charge in [0.05, 0.1) is 0 Å². The summed E-state index contributed by atoms with van der Waals surface area (Å²) in [6, 6.07) is -0.677. The van der Waals surface area contributed by atoms with Crippen LogP contribution in [0.4, 0.5) is 0 Å². The smallest absolute Gasteiger partial charge is 0.326 e. The van der Waals surface area contributed by atoms with Crippen molar-refractivity contribution < 1.29 is 14.7 Å². The van der Waals surface area contributed by atoms with Crippen molar-refractivity contribution in [2.45, 2.75) is 64.0 Å². The summed E-state index contributed by atoms with van der Waals surface area (Å²) in [4.78, 5) is 23.0. The first-order valence-electron chi connectivity index (χ1n) is 6.83. The second-order valence-electron chi connectivity index (χ2n) is 5.17. The first-order chi connectivity index (χ1) is 8.54. The predicted molar refractivity (Wildman–Crippen MR) is 69.0 cm³/mol. The molecule has 104 valence electrons. The van der Waals surface area contributed by atoms with E-state index in [1.54, 1.807) is 0 Å². The highest BCUT2D eigenvalue weighted by Crippen LogP contribution is 2.23. The second-order valence-corrected chi connectivity index (χ2v) is 5.17. The monoisotopic (exact) mass is 256 g/mol. The van der Waals surface area contributed by atoms with E-state index in [4.69, 9.17) is 10.8 Å². The quantitative estimate of drug-likeness (QED) is 0.667. The number of aliphatic carboxylic acids is 1. The highest BCUT2D eigenvalue weighted by atomic mass is 16.4. The molecule has 5 heteroatoms. The van der Waals surface area contributed by atoms with Gasteiger partial charge in [0.25, 0.3) is 0 Å². The van der Waals surface area contributed by atoms with Crippen molar-refractivity contribution in [3.8, 4) is 0 Å². The maximum Gasteiger partial charge on any atom is 0.326 e. The van der Waals surface area contributed by atoms with Gasteiger partial charge in [-0.15, -0.1) is 0 Å². The lowest BCUT2D eigenvalue weighted by Crippen LogP contribution is -2.45. The van der Waals surface area contributed by atoms with E-state index in [1.165, 1.54) is 0 Å². The van der Waals surface area contributed by atoms with Crippen LogP contribution in [0.25, 0.3) is 0 Å². The van der Waals surface area contributed by atoms with E-state index in [0.29, 0.717) is 12.8 Å². The van der Waals surface area contributed by atoms with Crippen molar-refractivity contribution >= 4 is 11.9 Å². The number of carboxylic acids is 1. The normalized spacial score (nSPS) is 25.4. The highest BCUT2D eigenvalue weighted by Gasteiger charge is 2.28. The summed E-state index contributed by atoms with van der Waals surface area (Å²) in [5, 5.41) is 11.7. The van der Waals surface area contributed by atoms with E-state index in [1.807, 2.05) is 6.92 Å². The lowest BCUT2D eigenvalue weighted by Gasteiger charge is -2.27. The van der Waals surface area contributed by atoms with Gasteiger partial charge in [0.1, 0.15) is 6.04 Å². The summed E-state index contributed by atoms with van der Waals surface area (Å²) in [6.45, 7) is 2.00. The van der Waals surface area contributed by atoms with Crippen LogP contribution in [0.1, 0.15) is 51.9 Å². The second kappa shape index (κ2) is 7.36. The van der Waals surface area contributed by atoms with E-state index in [-0.39, 0.29) is 17.9 Å². The Morgan fingerprint density at radius 3 is 2.72 bits per heavy atom. The minimum Gasteiger partial charge on any atom is -0.480 e. The number of carbonyl (C=O) groups excluding carboxylic acids is 1. The molecular formula is C13H24N2O3. The number of hydrogen-bond acceptors (Lipinski definition) is 3. The van der Waals surface area contributed by atoms with Gasteiger partial charge in [0.2, 0.25) is 5.91 Å². The fourth-order valence-corrected chi connectivity index (χ4v) is 2.42. The van der Waals surface area contributed by atoms with Crippen LogP contribution < -0.4 is 11.1 Å². The molecule has 3 unspecified atom stereocenters. The van der Waals surface area contributed by atoms with Gasteiger partial charge in [-0.25, -0.2) is 4.79 Å². The van der Waals surface area contributed by atoms with Crippen LogP contribution in [0.5, 0.6) is 0 Å². The third-order valence-electron chi connectivity index (χ3n) is 3.55. The van der Waals surface area contributed by atoms with Gasteiger partial charge >= 0.3 is 5.97 Å². The first-order valence-corrected chi connectivity index (χ1v) is 6.83. The molecule has 1 fully saturated rings. The standard InChI is InChI=1S/C13H24N2O3/c1-2-3-7-11(13(17)18)15-12(16)9-5-4-6-10(14)8-9/h9-11H,2-8,14H2,1H3,(H,15,16)(H,17,18). The highest BCUT2D eigenvalue weighted by molar-refractivity contribution is 5.85. The van der Waals surface area contributed by atoms with E-state index < -0.39 is 12.0 Å². The summed E-state index contributed by atoms with van der Waals surface area (Å²) < 4.78 is 0. The van der Waals surface area contributed by atoms with Crippen LogP contribution >= 0.6 is 0 Å². The van der Waals surface area contributed by atoms with E-state index in [9.17, 15) is 9.59 Å². The number of carboxylic acid groups (broad SMARTS) is 1. The lowest BCUT2D eigenvalue weighted by atomic mass is 9.85. The Hall–Kier alpha value is -1.10. The minimum atomic E-state index is -0.947. The molecule has 3 atom stereocenters. The molecule has 0 spiro atoms. The van der Waals surface area contributed by atoms with E-state index >= 15 is 0 Å². The number of carbonyl (C=O) groups is 2. The first kappa shape index (κ1) is 15.0. The fraction of sp³-hybridized carbons (Fsp3) is 0.846. The largest absolute Gasteiger partial charge is 0.480 e. The van der Waals surface area contributed by atoms with Crippen LogP contribution in [0.15, 0.2) is 0 Å². The molecule has 4 N–H and O–H groups in total. The molecule has 0 bridgehead atoms. The number of amides is 1. The molecule has 1 amide bonds. The van der Waals surface area contributed by atoms with Crippen LogP contribution in [-0.2, 0) is 9.59 Å². The Bertz CT molecular complexity index is 294. The molecule has 0 aromatic carbocycles. The van der Waals surface area contributed by atoms with Crippen molar-refractivity contribution in [1.82, 2.24) is 5.32 Å². The molecule has 0 aromatic heterocycles. The lowest BCUT2D eigenvalue weighted by molar-refractivity contribution is -0.142. The van der Waals surface area contributed by atoms with Gasteiger partial charge in [-0.1, -0.05) is 26.2 Å². The van der Waals surface area contributed by atoms with Crippen molar-refractivity contribution in [1.29, 1.82) is 0 Å². The number of nitrogens with two attached hydrogens (primary N) is 1. The molecule has 1 saturated carbocycles. The number of nitrogens with one attached hydrogen (secondary N) is 1. The summed E-state index contributed by atoms with van der Waals surface area (Å²) >= 11 is 0. The maximum atomic E-state index is 12.0. The summed E-state index contributed by atoms with van der Waals surface area (Å²) in [5.41, 5.74) is 5.84. The Kier molecular flexibility index (Phi) is 6.12. The average molecular weight is 256 g/mol. The van der Waals surface area contributed by atoms with Crippen LogP contribution in [0, 0.1) is 5.92 Å². The molecular weight excluding hydrogens is 232 g/mol. The van der Waals surface area contributed by atoms with Crippen LogP contribution in [-0.4, -0.2) is 29.1 Å². The van der Waals surface area contributed by atoms with E-state index in [0.717, 1.165) is 32.1 Å². The van der Waals surface area contributed by atoms with Gasteiger partial charge in [-0.05, 0) is 25.7 Å². The molecule has 0 radical (unpaired) electrons. The summed E-state index contributed by atoms with van der Waals surface area (Å²) in [6.07, 6.45) is 5.63. The van der Waals surface area contributed by atoms with Crippen molar-refractivity contribution in [3.63, 3.8) is 0 Å². The molecule has 0 saturated heterocycles. The molecule has 0 aromatic rings. The van der Waals surface area contributed by atoms with Gasteiger partial charge < -0.3 is 16.2 Å². The molecule has 18 heavy (non-hydrogen) atoms. The zero-order chi connectivity index (χ0) is 13.5. The molecule has 0 aliphatic heterocycles. The molecule has 1 rings (SSSR count). The van der Waals surface area contributed by atoms with Gasteiger partial charge in [-0.3, -0.25) is 4.79 Å². The minimum absolute atomic E-state index is 0.0772. The maximum absolute atomic E-state index is 12.0. The van der Waals surface area contributed by atoms with Crippen LogP contribution in [0.3, 0.4) is 0 Å². The number of unbranched alkanes of at least 4 members (excludes halogenated alkanes) is 1. The zero-order valence-electron chi connectivity index (χ0n) is 11.0. The van der Waals surface area contributed by atoms with Crippen molar-refractivity contribution in [3.05, 3.63) is 0 Å². The fourth-order valence-electron chi connectivity index (χ4n) is 2.42. The summed E-state index contributed by atoms with van der Waals surface area (Å²) in [7, 11) is 0. The number of hydrogen-bond donors (Lipinski definition) is 3. The van der Waals surface area contributed by atoms with Crippen molar-refractivity contribution in [2.75, 3.05) is 0 Å². The third kappa shape index (κ3) is 4.64. The Balaban J connectivity index is 2.46. The van der Waals surface area contributed by atoms with Gasteiger partial charge in [0.15, 0.2) is 0 Å². The zero-order valence-corrected chi connectivity index (χ0v) is 11.0. The van der Waals surface area contributed by atoms with Crippen LogP contribution in [0.2, 0.25) is 0 Å². The Labute approximate surface area is 108 Å². The third-order valence-corrected chi connectivity index (χ3v) is 3.55. The topological polar surface area (TPSA) is 92.4 Å². The molecule has 5 nitrogen and oxygen atoms in total. The number of rotatable bonds is 6. The SMILES string of the molecule is CCCCC(NC(=O)C1CCCC(N)C1)C(=O)O. The Morgan fingerprint density at radius 2 is 2.17 bits per heavy atom. The predicted octanol–water partition coefficient (Wildman–Crippen LogP) is 1.26. The Morgan fingerprint density at radius 1 is 1.44 bits per heavy atom. The molecule has 1 aliphatic rings.